The van der Waals surface area contributed by atoms with Crippen molar-refractivity contribution < 1.29 is 14.6 Å². The highest BCUT2D eigenvalue weighted by molar-refractivity contribution is 5.36. The second-order valence-corrected chi connectivity index (χ2v) is 4.56. The number of aliphatic hydroxyl groups excluding tert-OH is 1. The van der Waals surface area contributed by atoms with Gasteiger partial charge in [-0.25, -0.2) is 0 Å². The maximum atomic E-state index is 9.89. The van der Waals surface area contributed by atoms with E-state index in [9.17, 15) is 5.11 Å². The molecule has 0 aliphatic carbocycles. The first-order valence-electron chi connectivity index (χ1n) is 6.73. The molecule has 0 saturated carbocycles. The summed E-state index contributed by atoms with van der Waals surface area (Å²) in [6.45, 7) is 4.81. The van der Waals surface area contributed by atoms with Gasteiger partial charge in [-0.1, -0.05) is 6.07 Å². The highest BCUT2D eigenvalue weighted by Gasteiger charge is 2.09. The minimum atomic E-state index is -0.577. The SMILES string of the molecule is CCOCCN(C)CC(O)COc1cccc(C#N)c1. The first-order valence-corrected chi connectivity index (χ1v) is 6.73. The van der Waals surface area contributed by atoms with Crippen LogP contribution in [0.5, 0.6) is 5.75 Å². The average Bonchev–Trinajstić information content (AvgIpc) is 2.45. The van der Waals surface area contributed by atoms with E-state index in [2.05, 4.69) is 6.07 Å². The molecule has 0 aliphatic rings. The van der Waals surface area contributed by atoms with Gasteiger partial charge >= 0.3 is 0 Å². The van der Waals surface area contributed by atoms with Crippen LogP contribution in [0, 0.1) is 11.3 Å². The first kappa shape index (κ1) is 16.4. The summed E-state index contributed by atoms with van der Waals surface area (Å²) in [6, 6.07) is 8.95. The lowest BCUT2D eigenvalue weighted by Crippen LogP contribution is -2.35. The third kappa shape index (κ3) is 6.53. The minimum absolute atomic E-state index is 0.202. The molecule has 0 spiro atoms. The average molecular weight is 278 g/mol. The van der Waals surface area contributed by atoms with Crippen LogP contribution in [0.15, 0.2) is 24.3 Å². The predicted molar refractivity (Wildman–Crippen MR) is 76.6 cm³/mol. The van der Waals surface area contributed by atoms with E-state index in [-0.39, 0.29) is 6.61 Å². The van der Waals surface area contributed by atoms with Crippen LogP contribution in [0.1, 0.15) is 12.5 Å². The number of likely N-dealkylation sites (N-methyl/N-ethyl adjacent to an activating group) is 1. The molecule has 1 rings (SSSR count). The zero-order valence-corrected chi connectivity index (χ0v) is 12.1. The molecule has 1 N–H and O–H groups in total. The Labute approximate surface area is 120 Å². The van der Waals surface area contributed by atoms with Crippen LogP contribution in [0.25, 0.3) is 0 Å². The van der Waals surface area contributed by atoms with Gasteiger partial charge in [-0.05, 0) is 32.2 Å². The summed E-state index contributed by atoms with van der Waals surface area (Å²) in [5.41, 5.74) is 0.547. The third-order valence-corrected chi connectivity index (χ3v) is 2.75. The van der Waals surface area contributed by atoms with Crippen LogP contribution in [0.3, 0.4) is 0 Å². The molecule has 0 aromatic heterocycles. The van der Waals surface area contributed by atoms with Crippen LogP contribution in [0.2, 0.25) is 0 Å². The Balaban J connectivity index is 2.28. The van der Waals surface area contributed by atoms with Gasteiger partial charge in [-0.2, -0.15) is 5.26 Å². The molecular formula is C15H22N2O3. The normalized spacial score (nSPS) is 12.2. The zero-order chi connectivity index (χ0) is 14.8. The number of nitrogens with zero attached hydrogens (tertiary/aromatic N) is 2. The lowest BCUT2D eigenvalue weighted by atomic mass is 10.2. The molecule has 0 radical (unpaired) electrons. The Morgan fingerprint density at radius 2 is 2.25 bits per heavy atom. The molecule has 20 heavy (non-hydrogen) atoms. The van der Waals surface area contributed by atoms with Gasteiger partial charge in [0.2, 0.25) is 0 Å². The molecule has 0 bridgehead atoms. The van der Waals surface area contributed by atoms with Crippen molar-refractivity contribution in [2.75, 3.05) is 40.0 Å². The van der Waals surface area contributed by atoms with Crippen molar-refractivity contribution in [3.8, 4) is 11.8 Å². The van der Waals surface area contributed by atoms with Crippen LogP contribution < -0.4 is 4.74 Å². The Morgan fingerprint density at radius 3 is 2.95 bits per heavy atom. The Kier molecular flexibility index (Phi) is 7.66. The van der Waals surface area contributed by atoms with Crippen LogP contribution in [-0.4, -0.2) is 56.1 Å². The molecule has 1 aromatic rings. The molecule has 5 nitrogen and oxygen atoms in total. The number of nitriles is 1. The number of aliphatic hydroxyl groups is 1. The van der Waals surface area contributed by atoms with E-state index < -0.39 is 6.10 Å². The van der Waals surface area contributed by atoms with E-state index in [0.717, 1.165) is 6.54 Å². The molecule has 1 atom stereocenters. The van der Waals surface area contributed by atoms with Gasteiger partial charge in [-0.15, -0.1) is 0 Å². The lowest BCUT2D eigenvalue weighted by Gasteiger charge is -2.20. The highest BCUT2D eigenvalue weighted by Crippen LogP contribution is 2.12. The van der Waals surface area contributed by atoms with Crippen molar-refractivity contribution in [3.05, 3.63) is 29.8 Å². The van der Waals surface area contributed by atoms with Crippen LogP contribution in [0.4, 0.5) is 0 Å². The van der Waals surface area contributed by atoms with Crippen molar-refractivity contribution in [2.24, 2.45) is 0 Å². The molecule has 1 unspecified atom stereocenters. The standard InChI is InChI=1S/C15H22N2O3/c1-3-19-8-7-17(2)11-14(18)12-20-15-6-4-5-13(9-15)10-16/h4-6,9,14,18H,3,7-8,11-12H2,1-2H3. The van der Waals surface area contributed by atoms with E-state index >= 15 is 0 Å². The van der Waals surface area contributed by atoms with Gasteiger partial charge in [0.25, 0.3) is 0 Å². The predicted octanol–water partition coefficient (Wildman–Crippen LogP) is 1.27. The molecule has 0 aliphatic heterocycles. The van der Waals surface area contributed by atoms with Crippen molar-refractivity contribution in [1.82, 2.24) is 4.90 Å². The van der Waals surface area contributed by atoms with Crippen LogP contribution >= 0.6 is 0 Å². The second kappa shape index (κ2) is 9.32. The Hall–Kier alpha value is -1.61. The Morgan fingerprint density at radius 1 is 1.45 bits per heavy atom. The number of hydrogen-bond donors (Lipinski definition) is 1. The van der Waals surface area contributed by atoms with Crippen molar-refractivity contribution in [2.45, 2.75) is 13.0 Å². The fourth-order valence-corrected chi connectivity index (χ4v) is 1.72. The van der Waals surface area contributed by atoms with Crippen molar-refractivity contribution >= 4 is 0 Å². The number of rotatable bonds is 9. The molecule has 0 heterocycles. The summed E-state index contributed by atoms with van der Waals surface area (Å²) in [6.07, 6.45) is -0.577. The summed E-state index contributed by atoms with van der Waals surface area (Å²) in [5, 5.41) is 18.7. The lowest BCUT2D eigenvalue weighted by molar-refractivity contribution is 0.0613. The van der Waals surface area contributed by atoms with E-state index in [4.69, 9.17) is 14.7 Å². The van der Waals surface area contributed by atoms with Gasteiger partial charge < -0.3 is 19.5 Å². The topological polar surface area (TPSA) is 65.7 Å². The van der Waals surface area contributed by atoms with Gasteiger partial charge in [-0.3, -0.25) is 0 Å². The summed E-state index contributed by atoms with van der Waals surface area (Å²) >= 11 is 0. The van der Waals surface area contributed by atoms with E-state index in [1.165, 1.54) is 0 Å². The summed E-state index contributed by atoms with van der Waals surface area (Å²) in [4.78, 5) is 2.00. The van der Waals surface area contributed by atoms with Gasteiger partial charge in [0.15, 0.2) is 0 Å². The van der Waals surface area contributed by atoms with E-state index in [0.29, 0.717) is 31.1 Å². The fourth-order valence-electron chi connectivity index (χ4n) is 1.72. The summed E-state index contributed by atoms with van der Waals surface area (Å²) < 4.78 is 10.7. The molecule has 5 heteroatoms. The van der Waals surface area contributed by atoms with Gasteiger partial charge in [0, 0.05) is 19.7 Å². The molecule has 110 valence electrons. The molecule has 1 aromatic carbocycles. The molecule has 0 fully saturated rings. The number of benzene rings is 1. The zero-order valence-electron chi connectivity index (χ0n) is 12.1. The molecule has 0 amide bonds. The number of hydrogen-bond acceptors (Lipinski definition) is 5. The highest BCUT2D eigenvalue weighted by atomic mass is 16.5. The van der Waals surface area contributed by atoms with Gasteiger partial charge in [0.05, 0.1) is 18.2 Å². The maximum absolute atomic E-state index is 9.89. The van der Waals surface area contributed by atoms with E-state index in [1.54, 1.807) is 24.3 Å². The molecule has 0 saturated heterocycles. The van der Waals surface area contributed by atoms with Crippen molar-refractivity contribution in [3.63, 3.8) is 0 Å². The minimum Gasteiger partial charge on any atom is -0.491 e. The Bertz CT molecular complexity index is 431. The first-order chi connectivity index (χ1) is 9.65. The summed E-state index contributed by atoms with van der Waals surface area (Å²) in [7, 11) is 1.93. The number of ether oxygens (including phenoxy) is 2. The second-order valence-electron chi connectivity index (χ2n) is 4.56. The van der Waals surface area contributed by atoms with Crippen molar-refractivity contribution in [1.29, 1.82) is 5.26 Å². The van der Waals surface area contributed by atoms with Crippen LogP contribution in [-0.2, 0) is 4.74 Å². The van der Waals surface area contributed by atoms with E-state index in [1.807, 2.05) is 18.9 Å². The fraction of sp³-hybridized carbons (Fsp3) is 0.533. The monoisotopic (exact) mass is 278 g/mol. The smallest absolute Gasteiger partial charge is 0.120 e. The van der Waals surface area contributed by atoms with Gasteiger partial charge in [0.1, 0.15) is 18.5 Å². The molecular weight excluding hydrogens is 256 g/mol. The summed E-state index contributed by atoms with van der Waals surface area (Å²) in [5.74, 6) is 0.597. The third-order valence-electron chi connectivity index (χ3n) is 2.75. The quantitative estimate of drug-likeness (QED) is 0.689. The maximum Gasteiger partial charge on any atom is 0.120 e. The largest absolute Gasteiger partial charge is 0.491 e.